The molecule has 8 atom stereocenters. The fourth-order valence-corrected chi connectivity index (χ4v) is 8.95. The molecular formula is C25H39N. The van der Waals surface area contributed by atoms with Crippen LogP contribution in [0.2, 0.25) is 0 Å². The smallest absolute Gasteiger partial charge is 0.0658 e. The van der Waals surface area contributed by atoms with Crippen molar-refractivity contribution in [2.75, 3.05) is 0 Å². The van der Waals surface area contributed by atoms with Crippen LogP contribution in [-0.2, 0) is 0 Å². The largest absolute Gasteiger partial charge is 0.198 e. The van der Waals surface area contributed by atoms with Crippen LogP contribution in [0.1, 0.15) is 97.3 Å². The van der Waals surface area contributed by atoms with Crippen LogP contribution in [0.3, 0.4) is 0 Å². The summed E-state index contributed by atoms with van der Waals surface area (Å²) in [5.41, 5.74) is 1.23. The molecule has 0 heterocycles. The van der Waals surface area contributed by atoms with Gasteiger partial charge >= 0.3 is 0 Å². The normalized spacial score (nSPS) is 51.7. The second kappa shape index (κ2) is 6.25. The minimum absolute atomic E-state index is 0.375. The Morgan fingerprint density at radius 3 is 2.42 bits per heavy atom. The van der Waals surface area contributed by atoms with E-state index in [1.54, 1.807) is 0 Å². The van der Waals surface area contributed by atoms with Crippen molar-refractivity contribution in [1.29, 1.82) is 5.26 Å². The van der Waals surface area contributed by atoms with E-state index in [0.29, 0.717) is 16.7 Å². The number of fused-ring (bicyclic) bond motifs is 5. The van der Waals surface area contributed by atoms with Crippen LogP contribution >= 0.6 is 0 Å². The zero-order valence-corrected chi connectivity index (χ0v) is 17.2. The van der Waals surface area contributed by atoms with Gasteiger partial charge in [0.25, 0.3) is 0 Å². The quantitative estimate of drug-likeness (QED) is 0.537. The first kappa shape index (κ1) is 17.6. The molecule has 1 nitrogen and oxygen atoms in total. The van der Waals surface area contributed by atoms with E-state index in [2.05, 4.69) is 19.9 Å². The molecule has 0 radical (unpaired) electrons. The molecule has 8 unspecified atom stereocenters. The highest BCUT2D eigenvalue weighted by Gasteiger charge is 2.59. The van der Waals surface area contributed by atoms with Crippen molar-refractivity contribution < 1.29 is 0 Å². The van der Waals surface area contributed by atoms with Crippen molar-refractivity contribution in [2.24, 2.45) is 52.3 Å². The Morgan fingerprint density at radius 2 is 1.65 bits per heavy atom. The lowest BCUT2D eigenvalue weighted by molar-refractivity contribution is -0.111. The molecule has 0 aliphatic heterocycles. The molecule has 0 saturated heterocycles. The maximum atomic E-state index is 9.68. The van der Waals surface area contributed by atoms with Crippen LogP contribution in [0.15, 0.2) is 0 Å². The number of nitriles is 1. The molecule has 0 bridgehead atoms. The second-order valence-electron chi connectivity index (χ2n) is 11.5. The molecule has 0 aromatic rings. The van der Waals surface area contributed by atoms with Crippen LogP contribution in [0.4, 0.5) is 0 Å². The molecule has 0 aromatic heterocycles. The summed E-state index contributed by atoms with van der Waals surface area (Å²) in [6, 6.07) is 2.70. The van der Waals surface area contributed by atoms with E-state index in [9.17, 15) is 5.26 Å². The Balaban J connectivity index is 1.36. The zero-order chi connectivity index (χ0) is 17.9. The van der Waals surface area contributed by atoms with Crippen molar-refractivity contribution >= 4 is 0 Å². The Kier molecular flexibility index (Phi) is 4.23. The average molecular weight is 354 g/mol. The van der Waals surface area contributed by atoms with Gasteiger partial charge in [0.1, 0.15) is 0 Å². The molecular weight excluding hydrogens is 314 g/mol. The van der Waals surface area contributed by atoms with Crippen molar-refractivity contribution in [2.45, 2.75) is 97.3 Å². The molecule has 5 rings (SSSR count). The molecule has 0 aromatic carbocycles. The number of hydrogen-bond acceptors (Lipinski definition) is 1. The highest BCUT2D eigenvalue weighted by molar-refractivity contribution is 5.10. The molecule has 26 heavy (non-hydrogen) atoms. The summed E-state index contributed by atoms with van der Waals surface area (Å²) >= 11 is 0. The molecule has 5 saturated carbocycles. The van der Waals surface area contributed by atoms with Gasteiger partial charge in [-0.1, -0.05) is 26.7 Å². The lowest BCUT2D eigenvalue weighted by Gasteiger charge is -2.60. The minimum atomic E-state index is 0.375. The van der Waals surface area contributed by atoms with Gasteiger partial charge in [0, 0.05) is 5.92 Å². The third-order valence-corrected chi connectivity index (χ3v) is 10.7. The predicted molar refractivity (Wildman–Crippen MR) is 106 cm³/mol. The zero-order valence-electron chi connectivity index (χ0n) is 17.2. The van der Waals surface area contributed by atoms with Crippen molar-refractivity contribution in [3.8, 4) is 6.07 Å². The van der Waals surface area contributed by atoms with Gasteiger partial charge in [0.05, 0.1) is 6.07 Å². The molecule has 5 aliphatic carbocycles. The highest BCUT2D eigenvalue weighted by atomic mass is 14.6. The van der Waals surface area contributed by atoms with E-state index in [-0.39, 0.29) is 0 Å². The first-order valence-electron chi connectivity index (χ1n) is 12.0. The van der Waals surface area contributed by atoms with Gasteiger partial charge in [-0.2, -0.15) is 5.26 Å². The summed E-state index contributed by atoms with van der Waals surface area (Å²) in [5.74, 6) is 6.03. The predicted octanol–water partition coefficient (Wildman–Crippen LogP) is 6.98. The lowest BCUT2D eigenvalue weighted by Crippen LogP contribution is -2.52. The van der Waals surface area contributed by atoms with E-state index in [4.69, 9.17) is 0 Å². The van der Waals surface area contributed by atoms with E-state index >= 15 is 0 Å². The topological polar surface area (TPSA) is 23.8 Å². The average Bonchev–Trinajstić information content (AvgIpc) is 3.42. The summed E-state index contributed by atoms with van der Waals surface area (Å²) in [7, 11) is 0. The van der Waals surface area contributed by atoms with Crippen LogP contribution in [-0.4, -0.2) is 0 Å². The molecule has 0 N–H and O–H groups in total. The fraction of sp³-hybridized carbons (Fsp3) is 0.960. The first-order chi connectivity index (χ1) is 12.6. The van der Waals surface area contributed by atoms with Gasteiger partial charge in [-0.05, 0) is 117 Å². The number of hydrogen-bond donors (Lipinski definition) is 0. The maximum Gasteiger partial charge on any atom is 0.0658 e. The van der Waals surface area contributed by atoms with E-state index in [1.807, 2.05) is 0 Å². The summed E-state index contributed by atoms with van der Waals surface area (Å²) in [5, 5.41) is 9.68. The Bertz CT molecular complexity index is 585. The van der Waals surface area contributed by atoms with Gasteiger partial charge < -0.3 is 0 Å². The van der Waals surface area contributed by atoms with E-state index in [0.717, 1.165) is 35.5 Å². The molecule has 0 amide bonds. The van der Waals surface area contributed by atoms with Crippen LogP contribution in [0.25, 0.3) is 0 Å². The van der Waals surface area contributed by atoms with E-state index in [1.165, 1.54) is 83.5 Å². The van der Waals surface area contributed by atoms with Gasteiger partial charge in [-0.25, -0.2) is 0 Å². The SMILES string of the molecule is CC12CCCCC1CCC1C2CCC2(C)C(CC(C#N)C3CC3)CCC12. The lowest BCUT2D eigenvalue weighted by atomic mass is 9.44. The van der Waals surface area contributed by atoms with Crippen LogP contribution < -0.4 is 0 Å². The minimum Gasteiger partial charge on any atom is -0.198 e. The molecule has 1 heteroatoms. The summed E-state index contributed by atoms with van der Waals surface area (Å²) < 4.78 is 0. The van der Waals surface area contributed by atoms with Crippen LogP contribution in [0, 0.1) is 63.6 Å². The van der Waals surface area contributed by atoms with E-state index < -0.39 is 0 Å². The monoisotopic (exact) mass is 353 g/mol. The van der Waals surface area contributed by atoms with Crippen molar-refractivity contribution in [3.05, 3.63) is 0 Å². The van der Waals surface area contributed by atoms with Crippen molar-refractivity contribution in [1.82, 2.24) is 0 Å². The number of nitrogens with zero attached hydrogens (tertiary/aromatic N) is 1. The van der Waals surface area contributed by atoms with Crippen LogP contribution in [0.5, 0.6) is 0 Å². The van der Waals surface area contributed by atoms with Gasteiger partial charge in [-0.15, -0.1) is 0 Å². The Hall–Kier alpha value is -0.510. The highest BCUT2D eigenvalue weighted by Crippen LogP contribution is 2.68. The third-order valence-electron chi connectivity index (χ3n) is 10.7. The summed E-state index contributed by atoms with van der Waals surface area (Å²) in [4.78, 5) is 0. The standard InChI is InChI=1S/C25H39N/c1-24-13-4-3-5-19(24)8-10-21-22-11-9-20(15-18(16-26)17-6-7-17)25(22,2)14-12-23(21)24/h17-23H,3-15H2,1-2H3. The summed E-state index contributed by atoms with van der Waals surface area (Å²) in [6.07, 6.45) is 18.8. The van der Waals surface area contributed by atoms with Crippen molar-refractivity contribution in [3.63, 3.8) is 0 Å². The Labute approximate surface area is 161 Å². The van der Waals surface area contributed by atoms with Gasteiger partial charge in [0.15, 0.2) is 0 Å². The van der Waals surface area contributed by atoms with Gasteiger partial charge in [-0.3, -0.25) is 0 Å². The first-order valence-corrected chi connectivity index (χ1v) is 12.0. The molecule has 5 aliphatic rings. The molecule has 5 fully saturated rings. The molecule has 144 valence electrons. The second-order valence-corrected chi connectivity index (χ2v) is 11.5. The Morgan fingerprint density at radius 1 is 0.846 bits per heavy atom. The van der Waals surface area contributed by atoms with Gasteiger partial charge in [0.2, 0.25) is 0 Å². The maximum absolute atomic E-state index is 9.68. The fourth-order valence-electron chi connectivity index (χ4n) is 8.95. The molecule has 0 spiro atoms. The number of rotatable bonds is 3. The summed E-state index contributed by atoms with van der Waals surface area (Å²) in [6.45, 7) is 5.35. The third kappa shape index (κ3) is 2.53.